The summed E-state index contributed by atoms with van der Waals surface area (Å²) in [5, 5.41) is 0. The summed E-state index contributed by atoms with van der Waals surface area (Å²) in [4.78, 5) is 13.2. The molecular weight excluding hydrogens is 536 g/mol. The highest BCUT2D eigenvalue weighted by Gasteiger charge is 2.55. The molecule has 0 saturated carbocycles. The summed E-state index contributed by atoms with van der Waals surface area (Å²) in [6, 6.07) is 24.1. The van der Waals surface area contributed by atoms with Crippen molar-refractivity contribution in [2.24, 2.45) is 0 Å². The summed E-state index contributed by atoms with van der Waals surface area (Å²) in [6.07, 6.45) is -5.50. The van der Waals surface area contributed by atoms with Gasteiger partial charge in [0.2, 0.25) is 0 Å². The summed E-state index contributed by atoms with van der Waals surface area (Å²) in [5.74, 6) is -1.76. The zero-order valence-corrected chi connectivity index (χ0v) is 23.3. The van der Waals surface area contributed by atoms with Crippen molar-refractivity contribution in [3.05, 3.63) is 102 Å². The lowest BCUT2D eigenvalue weighted by Crippen LogP contribution is -2.51. The molecule has 5 atom stereocenters. The van der Waals surface area contributed by atoms with Crippen LogP contribution in [0.1, 0.15) is 35.3 Å². The van der Waals surface area contributed by atoms with Crippen LogP contribution in [0.15, 0.2) is 89.8 Å². The van der Waals surface area contributed by atoms with Crippen molar-refractivity contribution in [3.63, 3.8) is 0 Å². The number of fused-ring (bicyclic) bond motifs is 1. The summed E-state index contributed by atoms with van der Waals surface area (Å²) >= 11 is 0. The topological polar surface area (TPSA) is 107 Å². The maximum absolute atomic E-state index is 13.5. The van der Waals surface area contributed by atoms with Crippen LogP contribution in [0, 0.1) is 6.92 Å². The van der Waals surface area contributed by atoms with Crippen molar-refractivity contribution in [2.45, 2.75) is 68.8 Å². The normalized spacial score (nSPS) is 26.0. The highest BCUT2D eigenvalue weighted by molar-refractivity contribution is 7.86. The van der Waals surface area contributed by atoms with Crippen molar-refractivity contribution >= 4 is 16.1 Å². The molecule has 0 amide bonds. The Hall–Kier alpha value is -3.12. The molecule has 2 aliphatic heterocycles. The van der Waals surface area contributed by atoms with Crippen LogP contribution in [0.2, 0.25) is 0 Å². The lowest BCUT2D eigenvalue weighted by atomic mass is 10.0. The van der Waals surface area contributed by atoms with Crippen molar-refractivity contribution in [1.29, 1.82) is 0 Å². The van der Waals surface area contributed by atoms with E-state index in [1.165, 1.54) is 12.1 Å². The number of hydrogen-bond acceptors (Lipinski definition) is 9. The van der Waals surface area contributed by atoms with Crippen LogP contribution >= 0.6 is 0 Å². The molecule has 0 unspecified atom stereocenters. The molecule has 2 saturated heterocycles. The van der Waals surface area contributed by atoms with Gasteiger partial charge < -0.3 is 23.7 Å². The second-order valence-corrected chi connectivity index (χ2v) is 11.8. The predicted molar refractivity (Wildman–Crippen MR) is 144 cm³/mol. The summed E-state index contributed by atoms with van der Waals surface area (Å²) in [7, 11) is -4.32. The number of carbonyl (C=O) groups excluding carboxylic acids is 1. The Labute approximate surface area is 234 Å². The van der Waals surface area contributed by atoms with Crippen LogP contribution in [0.25, 0.3) is 0 Å². The van der Waals surface area contributed by atoms with E-state index in [9.17, 15) is 13.2 Å². The van der Waals surface area contributed by atoms with Crippen LogP contribution in [0.3, 0.4) is 0 Å². The molecule has 0 aliphatic carbocycles. The molecule has 0 radical (unpaired) electrons. The van der Waals surface area contributed by atoms with Crippen LogP contribution < -0.4 is 0 Å². The zero-order valence-electron chi connectivity index (χ0n) is 22.5. The number of benzene rings is 3. The molecule has 2 aliphatic rings. The van der Waals surface area contributed by atoms with Crippen LogP contribution in [-0.2, 0) is 44.6 Å². The maximum Gasteiger partial charge on any atom is 0.338 e. The molecule has 0 bridgehead atoms. The van der Waals surface area contributed by atoms with E-state index in [2.05, 4.69) is 0 Å². The van der Waals surface area contributed by atoms with Gasteiger partial charge in [0.15, 0.2) is 24.3 Å². The average molecular weight is 569 g/mol. The lowest BCUT2D eigenvalue weighted by molar-refractivity contribution is -0.206. The van der Waals surface area contributed by atoms with Crippen molar-refractivity contribution in [2.75, 3.05) is 6.61 Å². The van der Waals surface area contributed by atoms with Gasteiger partial charge in [0.25, 0.3) is 10.1 Å². The third kappa shape index (κ3) is 6.60. The second kappa shape index (κ2) is 11.8. The Balaban J connectivity index is 1.52. The average Bonchev–Trinajstić information content (AvgIpc) is 3.20. The molecule has 3 aromatic carbocycles. The number of ether oxygens (including phenoxy) is 5. The molecular formula is C30H32O9S. The standard InChI is InChI=1S/C30H32O9S/c1-20-14-16-23(17-15-20)40(32,33)39-25-24(34-18-21-10-6-4-7-11-21)19-35-29-27(37-30(2,3)38-29)26(25)36-28(31)22-12-8-5-9-13-22/h4-17,24-27,29H,18-19H2,1-3H3/t24-,25-,26+,27-,29-/m1/s1. The third-order valence-electron chi connectivity index (χ3n) is 6.63. The Morgan fingerprint density at radius 2 is 1.55 bits per heavy atom. The van der Waals surface area contributed by atoms with Crippen molar-refractivity contribution < 1.29 is 41.1 Å². The lowest BCUT2D eigenvalue weighted by Gasteiger charge is -2.33. The van der Waals surface area contributed by atoms with Gasteiger partial charge in [-0.2, -0.15) is 8.42 Å². The first kappa shape index (κ1) is 28.4. The quantitative estimate of drug-likeness (QED) is 0.289. The predicted octanol–water partition coefficient (Wildman–Crippen LogP) is 4.39. The molecule has 0 N–H and O–H groups in total. The van der Waals surface area contributed by atoms with Gasteiger partial charge in [-0.1, -0.05) is 66.2 Å². The molecule has 0 aromatic heterocycles. The summed E-state index contributed by atoms with van der Waals surface area (Å²) in [6.45, 7) is 5.29. The van der Waals surface area contributed by atoms with E-state index < -0.39 is 52.6 Å². The number of rotatable bonds is 8. The highest BCUT2D eigenvalue weighted by Crippen LogP contribution is 2.38. The van der Waals surface area contributed by atoms with Gasteiger partial charge in [0.05, 0.1) is 23.7 Å². The smallest absolute Gasteiger partial charge is 0.338 e. The van der Waals surface area contributed by atoms with Gasteiger partial charge in [0.1, 0.15) is 12.2 Å². The minimum atomic E-state index is -4.32. The first-order valence-electron chi connectivity index (χ1n) is 13.0. The van der Waals surface area contributed by atoms with Crippen molar-refractivity contribution in [3.8, 4) is 0 Å². The Morgan fingerprint density at radius 1 is 0.900 bits per heavy atom. The summed E-state index contributed by atoms with van der Waals surface area (Å²) in [5.41, 5.74) is 2.03. The van der Waals surface area contributed by atoms with E-state index >= 15 is 0 Å². The van der Waals surface area contributed by atoms with Gasteiger partial charge in [-0.3, -0.25) is 4.18 Å². The number of hydrogen-bond donors (Lipinski definition) is 0. The first-order valence-corrected chi connectivity index (χ1v) is 14.4. The highest BCUT2D eigenvalue weighted by atomic mass is 32.2. The van der Waals surface area contributed by atoms with E-state index in [-0.39, 0.29) is 23.7 Å². The van der Waals surface area contributed by atoms with E-state index in [1.54, 1.807) is 56.3 Å². The van der Waals surface area contributed by atoms with Gasteiger partial charge in [-0.25, -0.2) is 4.79 Å². The molecule has 9 nitrogen and oxygen atoms in total. The molecule has 212 valence electrons. The van der Waals surface area contributed by atoms with Crippen LogP contribution in [-0.4, -0.2) is 57.5 Å². The minimum Gasteiger partial charge on any atom is -0.453 e. The molecule has 0 spiro atoms. The Kier molecular flexibility index (Phi) is 8.37. The van der Waals surface area contributed by atoms with Gasteiger partial charge in [0, 0.05) is 0 Å². The van der Waals surface area contributed by atoms with E-state index in [1.807, 2.05) is 37.3 Å². The fourth-order valence-corrected chi connectivity index (χ4v) is 5.74. The fourth-order valence-electron chi connectivity index (χ4n) is 4.64. The molecule has 2 heterocycles. The number of aryl methyl sites for hydroxylation is 1. The Bertz CT molecular complexity index is 1390. The molecule has 10 heteroatoms. The monoisotopic (exact) mass is 568 g/mol. The van der Waals surface area contributed by atoms with Crippen molar-refractivity contribution in [1.82, 2.24) is 0 Å². The molecule has 40 heavy (non-hydrogen) atoms. The molecule has 5 rings (SSSR count). The Morgan fingerprint density at radius 3 is 2.23 bits per heavy atom. The van der Waals surface area contributed by atoms with Gasteiger partial charge in [-0.15, -0.1) is 0 Å². The molecule has 2 fully saturated rings. The van der Waals surface area contributed by atoms with E-state index in [4.69, 9.17) is 27.9 Å². The van der Waals surface area contributed by atoms with Crippen LogP contribution in [0.4, 0.5) is 0 Å². The molecule has 3 aromatic rings. The largest absolute Gasteiger partial charge is 0.453 e. The summed E-state index contributed by atoms with van der Waals surface area (Å²) < 4.78 is 63.1. The van der Waals surface area contributed by atoms with E-state index in [0.29, 0.717) is 0 Å². The van der Waals surface area contributed by atoms with Crippen LogP contribution in [0.5, 0.6) is 0 Å². The van der Waals surface area contributed by atoms with E-state index in [0.717, 1.165) is 11.1 Å². The SMILES string of the molecule is Cc1ccc(S(=O)(=O)O[C@H]2[C@H](OC(=O)c3ccccc3)[C@H]3OC(C)(C)O[C@H]3OC[C@H]2OCc2ccccc2)cc1. The maximum atomic E-state index is 13.5. The minimum absolute atomic E-state index is 0.0429. The zero-order chi connectivity index (χ0) is 28.3. The third-order valence-corrected chi connectivity index (χ3v) is 7.96. The fraction of sp³-hybridized carbons (Fsp3) is 0.367. The van der Waals surface area contributed by atoms with Gasteiger partial charge in [-0.05, 0) is 50.6 Å². The number of carbonyl (C=O) groups is 1. The van der Waals surface area contributed by atoms with Gasteiger partial charge >= 0.3 is 5.97 Å². The second-order valence-electron chi connectivity index (χ2n) is 10.2. The first-order chi connectivity index (χ1) is 19.1. The number of esters is 1.